The Balaban J connectivity index is 2.47. The molecule has 5 heteroatoms. The molecule has 94 valence electrons. The van der Waals surface area contributed by atoms with Crippen LogP contribution in [0.15, 0.2) is 36.4 Å². The zero-order valence-electron chi connectivity index (χ0n) is 9.62. The smallest absolute Gasteiger partial charge is 0.147 e. The molecule has 0 aromatic heterocycles. The van der Waals surface area contributed by atoms with E-state index in [0.29, 0.717) is 16.4 Å². The molecule has 0 heterocycles. The largest absolute Gasteiger partial charge is 0.397 e. The van der Waals surface area contributed by atoms with Gasteiger partial charge in [0.1, 0.15) is 11.6 Å². The van der Waals surface area contributed by atoms with E-state index in [1.54, 1.807) is 25.2 Å². The fourth-order valence-electron chi connectivity index (χ4n) is 1.70. The number of hydrogen-bond donors (Lipinski definition) is 1. The molecule has 2 aromatic rings. The van der Waals surface area contributed by atoms with Crippen molar-refractivity contribution in [1.82, 2.24) is 0 Å². The van der Waals surface area contributed by atoms with Crippen LogP contribution in [0.5, 0.6) is 0 Å². The molecule has 0 aliphatic rings. The summed E-state index contributed by atoms with van der Waals surface area (Å²) in [7, 11) is 1.61. The van der Waals surface area contributed by atoms with Gasteiger partial charge in [-0.2, -0.15) is 0 Å². The van der Waals surface area contributed by atoms with E-state index < -0.39 is 11.6 Å². The summed E-state index contributed by atoms with van der Waals surface area (Å²) in [4.78, 5) is 1.48. The number of hydrogen-bond acceptors (Lipinski definition) is 2. The molecule has 0 saturated carbocycles. The van der Waals surface area contributed by atoms with Gasteiger partial charge in [0.05, 0.1) is 17.1 Å². The van der Waals surface area contributed by atoms with E-state index in [1.807, 2.05) is 0 Å². The number of rotatable bonds is 2. The Morgan fingerprint density at radius 1 is 1.06 bits per heavy atom. The molecule has 18 heavy (non-hydrogen) atoms. The van der Waals surface area contributed by atoms with Gasteiger partial charge in [0.25, 0.3) is 0 Å². The summed E-state index contributed by atoms with van der Waals surface area (Å²) in [5.74, 6) is -1.03. The number of halogens is 3. The Kier molecular flexibility index (Phi) is 3.39. The SMILES string of the molecule is CN(c1ccc(Cl)cc1N)c1cc(F)ccc1F. The fraction of sp³-hybridized carbons (Fsp3) is 0.0769. The average Bonchev–Trinajstić information content (AvgIpc) is 2.31. The predicted octanol–water partition coefficient (Wildman–Crippen LogP) is 3.97. The minimum atomic E-state index is -0.520. The van der Waals surface area contributed by atoms with Gasteiger partial charge in [-0.05, 0) is 30.3 Å². The third kappa shape index (κ3) is 2.38. The quantitative estimate of drug-likeness (QED) is 0.835. The topological polar surface area (TPSA) is 29.3 Å². The van der Waals surface area contributed by atoms with Gasteiger partial charge in [-0.3, -0.25) is 0 Å². The van der Waals surface area contributed by atoms with Crippen LogP contribution >= 0.6 is 11.6 Å². The molecule has 0 saturated heterocycles. The molecule has 2 nitrogen and oxygen atoms in total. The van der Waals surface area contributed by atoms with Gasteiger partial charge in [-0.25, -0.2) is 8.78 Å². The highest BCUT2D eigenvalue weighted by molar-refractivity contribution is 6.31. The van der Waals surface area contributed by atoms with E-state index in [2.05, 4.69) is 0 Å². The van der Waals surface area contributed by atoms with Gasteiger partial charge in [0, 0.05) is 18.1 Å². The van der Waals surface area contributed by atoms with Crippen LogP contribution in [0.2, 0.25) is 5.02 Å². The summed E-state index contributed by atoms with van der Waals surface area (Å²) in [6, 6.07) is 8.11. The minimum Gasteiger partial charge on any atom is -0.397 e. The summed E-state index contributed by atoms with van der Waals surface area (Å²) < 4.78 is 26.8. The van der Waals surface area contributed by atoms with Crippen LogP contribution in [0.3, 0.4) is 0 Å². The first kappa shape index (κ1) is 12.6. The Morgan fingerprint density at radius 3 is 2.44 bits per heavy atom. The third-order valence-electron chi connectivity index (χ3n) is 2.62. The first-order chi connectivity index (χ1) is 8.49. The highest BCUT2D eigenvalue weighted by Crippen LogP contribution is 2.32. The molecule has 2 N–H and O–H groups in total. The molecule has 2 rings (SSSR count). The zero-order chi connectivity index (χ0) is 13.3. The van der Waals surface area contributed by atoms with Crippen molar-refractivity contribution >= 4 is 28.7 Å². The van der Waals surface area contributed by atoms with E-state index >= 15 is 0 Å². The van der Waals surface area contributed by atoms with Crippen molar-refractivity contribution in [2.45, 2.75) is 0 Å². The highest BCUT2D eigenvalue weighted by Gasteiger charge is 2.13. The van der Waals surface area contributed by atoms with E-state index in [4.69, 9.17) is 17.3 Å². The van der Waals surface area contributed by atoms with Crippen molar-refractivity contribution in [3.8, 4) is 0 Å². The standard InChI is InChI=1S/C13H11ClF2N2/c1-18(12-5-2-8(14)6-11(12)17)13-7-9(15)3-4-10(13)16/h2-7H,17H2,1H3. The molecular weight excluding hydrogens is 258 g/mol. The monoisotopic (exact) mass is 268 g/mol. The Bertz CT molecular complexity index is 587. The predicted molar refractivity (Wildman–Crippen MR) is 70.3 cm³/mol. The maximum atomic E-state index is 13.6. The van der Waals surface area contributed by atoms with Gasteiger partial charge in [-0.15, -0.1) is 0 Å². The van der Waals surface area contributed by atoms with Gasteiger partial charge >= 0.3 is 0 Å². The first-order valence-electron chi connectivity index (χ1n) is 5.23. The second-order valence-electron chi connectivity index (χ2n) is 3.86. The molecular formula is C13H11ClF2N2. The lowest BCUT2D eigenvalue weighted by molar-refractivity contribution is 0.600. The first-order valence-corrected chi connectivity index (χ1v) is 5.60. The molecule has 0 unspecified atom stereocenters. The molecule has 0 aliphatic carbocycles. The lowest BCUT2D eigenvalue weighted by atomic mass is 10.2. The van der Waals surface area contributed by atoms with Crippen molar-refractivity contribution in [2.24, 2.45) is 0 Å². The number of nitrogens with zero attached hydrogens (tertiary/aromatic N) is 1. The van der Waals surface area contributed by atoms with Crippen LogP contribution in [-0.4, -0.2) is 7.05 Å². The van der Waals surface area contributed by atoms with Crippen LogP contribution in [-0.2, 0) is 0 Å². The van der Waals surface area contributed by atoms with Gasteiger partial charge in [0.15, 0.2) is 0 Å². The van der Waals surface area contributed by atoms with Crippen molar-refractivity contribution in [3.63, 3.8) is 0 Å². The van der Waals surface area contributed by atoms with E-state index in [1.165, 1.54) is 4.90 Å². The summed E-state index contributed by atoms with van der Waals surface area (Å²) in [5, 5.41) is 0.490. The van der Waals surface area contributed by atoms with Crippen LogP contribution in [0.25, 0.3) is 0 Å². The molecule has 0 atom stereocenters. The van der Waals surface area contributed by atoms with Crippen molar-refractivity contribution in [3.05, 3.63) is 53.1 Å². The fourth-order valence-corrected chi connectivity index (χ4v) is 1.88. The summed E-state index contributed by atoms with van der Waals surface area (Å²) >= 11 is 5.79. The third-order valence-corrected chi connectivity index (χ3v) is 2.86. The van der Waals surface area contributed by atoms with Gasteiger partial charge in [0.2, 0.25) is 0 Å². The zero-order valence-corrected chi connectivity index (χ0v) is 10.4. The molecule has 0 bridgehead atoms. The van der Waals surface area contributed by atoms with Crippen molar-refractivity contribution in [2.75, 3.05) is 17.7 Å². The van der Waals surface area contributed by atoms with E-state index in [-0.39, 0.29) is 5.69 Å². The molecule has 2 aromatic carbocycles. The maximum Gasteiger partial charge on any atom is 0.147 e. The number of anilines is 3. The van der Waals surface area contributed by atoms with E-state index in [9.17, 15) is 8.78 Å². The summed E-state index contributed by atoms with van der Waals surface area (Å²) in [5.41, 5.74) is 6.88. The lowest BCUT2D eigenvalue weighted by Crippen LogP contribution is -2.13. The van der Waals surface area contributed by atoms with Crippen LogP contribution in [0.1, 0.15) is 0 Å². The lowest BCUT2D eigenvalue weighted by Gasteiger charge is -2.21. The Morgan fingerprint density at radius 2 is 1.78 bits per heavy atom. The van der Waals surface area contributed by atoms with Gasteiger partial charge in [-0.1, -0.05) is 11.6 Å². The molecule has 0 aliphatic heterocycles. The minimum absolute atomic E-state index is 0.115. The average molecular weight is 269 g/mol. The number of nitrogens with two attached hydrogens (primary N) is 1. The van der Waals surface area contributed by atoms with Crippen LogP contribution in [0.4, 0.5) is 25.8 Å². The molecule has 0 fully saturated rings. The van der Waals surface area contributed by atoms with Gasteiger partial charge < -0.3 is 10.6 Å². The Hall–Kier alpha value is -1.81. The number of benzene rings is 2. The van der Waals surface area contributed by atoms with Crippen molar-refractivity contribution < 1.29 is 8.78 Å². The Labute approximate surface area is 109 Å². The normalized spacial score (nSPS) is 10.4. The summed E-state index contributed by atoms with van der Waals surface area (Å²) in [6.45, 7) is 0. The molecule has 0 spiro atoms. The van der Waals surface area contributed by atoms with Crippen LogP contribution < -0.4 is 10.6 Å². The highest BCUT2D eigenvalue weighted by atomic mass is 35.5. The molecule has 0 radical (unpaired) electrons. The molecule has 0 amide bonds. The van der Waals surface area contributed by atoms with Crippen LogP contribution in [0, 0.1) is 11.6 Å². The summed E-state index contributed by atoms with van der Waals surface area (Å²) in [6.07, 6.45) is 0. The second-order valence-corrected chi connectivity index (χ2v) is 4.29. The second kappa shape index (κ2) is 4.82. The van der Waals surface area contributed by atoms with E-state index in [0.717, 1.165) is 18.2 Å². The van der Waals surface area contributed by atoms with Crippen molar-refractivity contribution in [1.29, 1.82) is 0 Å². The maximum absolute atomic E-state index is 13.6. The number of nitrogen functional groups attached to an aromatic ring is 1.